The van der Waals surface area contributed by atoms with Gasteiger partial charge in [-0.1, -0.05) is 31.7 Å². The third-order valence-electron chi connectivity index (χ3n) is 3.03. The molecule has 0 N–H and O–H groups in total. The summed E-state index contributed by atoms with van der Waals surface area (Å²) >= 11 is 12.2. The second-order valence-corrected chi connectivity index (χ2v) is 27.4. The molecule has 22 heavy (non-hydrogen) atoms. The lowest BCUT2D eigenvalue weighted by Gasteiger charge is -2.31. The highest BCUT2D eigenvalue weighted by molar-refractivity contribution is 7.44. The van der Waals surface area contributed by atoms with E-state index in [4.69, 9.17) is 31.0 Å². The van der Waals surface area contributed by atoms with Crippen molar-refractivity contribution in [3.05, 3.63) is 0 Å². The Balaban J connectivity index is 3.94. The van der Waals surface area contributed by atoms with Crippen LogP contribution in [0.2, 0.25) is 57.9 Å². The fourth-order valence-corrected chi connectivity index (χ4v) is 10.6. The van der Waals surface area contributed by atoms with Crippen LogP contribution in [0.15, 0.2) is 0 Å². The van der Waals surface area contributed by atoms with Crippen LogP contribution in [0, 0.1) is 0 Å². The molecule has 0 radical (unpaired) electrons. The molecule has 0 amide bonds. The van der Waals surface area contributed by atoms with Gasteiger partial charge in [-0.15, -0.1) is 22.2 Å². The summed E-state index contributed by atoms with van der Waals surface area (Å²) in [6.45, 7) is 13.6. The molecule has 0 aromatic carbocycles. The summed E-state index contributed by atoms with van der Waals surface area (Å²) in [7, 11) is -3.34. The molecule has 0 aromatic heterocycles. The van der Waals surface area contributed by atoms with Gasteiger partial charge in [-0.05, 0) is 51.9 Å². The lowest BCUT2D eigenvalue weighted by molar-refractivity contribution is 0.0604. The van der Waals surface area contributed by atoms with Gasteiger partial charge in [-0.2, -0.15) is 0 Å². The first-order valence-electron chi connectivity index (χ1n) is 8.52. The monoisotopic (exact) mass is 418 g/mol. The molecule has 0 saturated heterocycles. The first kappa shape index (κ1) is 23.4. The normalized spacial score (nSPS) is 14.5. The van der Waals surface area contributed by atoms with E-state index in [2.05, 4.69) is 39.3 Å². The first-order chi connectivity index (χ1) is 9.79. The molecule has 0 aliphatic heterocycles. The van der Waals surface area contributed by atoms with Gasteiger partial charge < -0.3 is 8.85 Å². The summed E-state index contributed by atoms with van der Waals surface area (Å²) in [6.07, 6.45) is 5.02. The van der Waals surface area contributed by atoms with Crippen molar-refractivity contribution >= 4 is 55.0 Å². The van der Waals surface area contributed by atoms with Gasteiger partial charge in [-0.3, -0.25) is 0 Å². The second kappa shape index (κ2) is 10.4. The maximum Gasteiger partial charge on any atom is 0.248 e. The van der Waals surface area contributed by atoms with E-state index >= 15 is 0 Å². The zero-order valence-corrected chi connectivity index (χ0v) is 21.5. The van der Waals surface area contributed by atoms with Crippen molar-refractivity contribution in [2.75, 3.05) is 0 Å². The molecule has 0 aliphatic carbocycles. The molecular formula is C14H36Cl2O2Si4. The molecule has 0 spiro atoms. The number of rotatable bonds is 12. The predicted molar refractivity (Wildman–Crippen MR) is 113 cm³/mol. The molecular weight excluding hydrogens is 383 g/mol. The van der Waals surface area contributed by atoms with Crippen LogP contribution in [0.1, 0.15) is 25.7 Å². The van der Waals surface area contributed by atoms with Crippen LogP contribution >= 0.6 is 22.2 Å². The molecule has 0 aromatic rings. The topological polar surface area (TPSA) is 18.5 Å². The Morgan fingerprint density at radius 3 is 1.64 bits per heavy atom. The van der Waals surface area contributed by atoms with Crippen LogP contribution in [-0.4, -0.2) is 38.8 Å². The Labute approximate surface area is 153 Å². The molecule has 8 heteroatoms. The minimum atomic E-state index is -1.87. The van der Waals surface area contributed by atoms with Crippen molar-refractivity contribution in [3.8, 4) is 0 Å². The van der Waals surface area contributed by atoms with Gasteiger partial charge in [0.05, 0.1) is 9.52 Å². The molecule has 134 valence electrons. The number of hydrogen-bond acceptors (Lipinski definition) is 2. The van der Waals surface area contributed by atoms with Gasteiger partial charge in [0, 0.05) is 0 Å². The van der Waals surface area contributed by atoms with E-state index < -0.39 is 23.3 Å². The van der Waals surface area contributed by atoms with E-state index in [1.54, 1.807) is 0 Å². The smallest absolute Gasteiger partial charge is 0.248 e. The highest BCUT2D eigenvalue weighted by Gasteiger charge is 2.26. The summed E-state index contributed by atoms with van der Waals surface area (Å²) in [4.78, 5) is 0. The maximum absolute atomic E-state index is 6.27. The van der Waals surface area contributed by atoms with Gasteiger partial charge >= 0.3 is 0 Å². The lowest BCUT2D eigenvalue weighted by Crippen LogP contribution is -2.42. The third-order valence-corrected chi connectivity index (χ3v) is 9.71. The highest BCUT2D eigenvalue weighted by Crippen LogP contribution is 2.23. The Hall–Kier alpha value is 1.37. The molecule has 0 saturated carbocycles. The average Bonchev–Trinajstić information content (AvgIpc) is 2.21. The quantitative estimate of drug-likeness (QED) is 0.176. The Bertz CT molecular complexity index is 283. The van der Waals surface area contributed by atoms with Gasteiger partial charge in [0.2, 0.25) is 6.69 Å². The Kier molecular flexibility index (Phi) is 11.0. The van der Waals surface area contributed by atoms with E-state index in [1.165, 1.54) is 31.7 Å². The van der Waals surface area contributed by atoms with E-state index in [-0.39, 0.29) is 15.4 Å². The van der Waals surface area contributed by atoms with Gasteiger partial charge in [0.15, 0.2) is 16.6 Å². The molecule has 0 aliphatic rings. The molecule has 2 nitrogen and oxygen atoms in total. The van der Waals surface area contributed by atoms with Crippen molar-refractivity contribution in [3.63, 3.8) is 0 Å². The number of hydrogen-bond donors (Lipinski definition) is 0. The molecule has 0 bridgehead atoms. The van der Waals surface area contributed by atoms with Gasteiger partial charge in [0.25, 0.3) is 0 Å². The van der Waals surface area contributed by atoms with Crippen LogP contribution in [0.3, 0.4) is 0 Å². The van der Waals surface area contributed by atoms with E-state index in [0.29, 0.717) is 0 Å². The average molecular weight is 420 g/mol. The predicted octanol–water partition coefficient (Wildman–Crippen LogP) is 5.67. The zero-order valence-electron chi connectivity index (χ0n) is 15.6. The Morgan fingerprint density at radius 1 is 0.773 bits per heavy atom. The van der Waals surface area contributed by atoms with Crippen molar-refractivity contribution < 1.29 is 8.85 Å². The van der Waals surface area contributed by atoms with Crippen molar-refractivity contribution in [2.24, 2.45) is 0 Å². The van der Waals surface area contributed by atoms with Gasteiger partial charge in [-0.25, -0.2) is 0 Å². The maximum atomic E-state index is 6.27. The van der Waals surface area contributed by atoms with E-state index in [0.717, 1.165) is 6.04 Å². The second-order valence-electron chi connectivity index (χ2n) is 8.27. The van der Waals surface area contributed by atoms with Crippen LogP contribution in [-0.2, 0) is 8.85 Å². The summed E-state index contributed by atoms with van der Waals surface area (Å²) in [5.74, 6) is 0.139. The summed E-state index contributed by atoms with van der Waals surface area (Å²) in [5, 5.41) is 0. The first-order valence-corrected chi connectivity index (χ1v) is 21.9. The third kappa shape index (κ3) is 17.7. The molecule has 0 rings (SSSR count). The molecule has 0 fully saturated rings. The Morgan fingerprint density at radius 2 is 1.23 bits per heavy atom. The standard InChI is InChI=1S/C14H36Cl2O2Si4/c1-20(2,3)17-14(18-21(4,5)6)19-12-10-8-9-11-13-22(7,15)16/h14H,8-13,19H2,1-7H3. The zero-order chi connectivity index (χ0) is 17.4. The van der Waals surface area contributed by atoms with Crippen LogP contribution in [0.25, 0.3) is 0 Å². The minimum absolute atomic E-state index is 0.139. The molecule has 0 unspecified atom stereocenters. The number of unbranched alkanes of at least 4 members (excludes halogenated alkanes) is 3. The van der Waals surface area contributed by atoms with Crippen LogP contribution in [0.5, 0.6) is 0 Å². The van der Waals surface area contributed by atoms with Crippen LogP contribution in [0.4, 0.5) is 0 Å². The fourth-order valence-electron chi connectivity index (χ4n) is 2.21. The van der Waals surface area contributed by atoms with Gasteiger partial charge in [0.1, 0.15) is 5.91 Å². The van der Waals surface area contributed by atoms with E-state index in [1.807, 2.05) is 6.55 Å². The van der Waals surface area contributed by atoms with Crippen molar-refractivity contribution in [1.29, 1.82) is 0 Å². The fraction of sp³-hybridized carbons (Fsp3) is 1.00. The summed E-state index contributed by atoms with van der Waals surface area (Å²) < 4.78 is 12.5. The summed E-state index contributed by atoms with van der Waals surface area (Å²) in [5.41, 5.74) is 0. The highest BCUT2D eigenvalue weighted by atomic mass is 35.7. The molecule has 0 atom stereocenters. The van der Waals surface area contributed by atoms with Crippen LogP contribution < -0.4 is 0 Å². The SMILES string of the molecule is C[Si](Cl)(Cl)CCCCCC[SiH2]C(O[Si](C)(C)C)O[Si](C)(C)C. The molecule has 0 heterocycles. The van der Waals surface area contributed by atoms with Crippen molar-refractivity contribution in [1.82, 2.24) is 0 Å². The van der Waals surface area contributed by atoms with E-state index in [9.17, 15) is 0 Å². The van der Waals surface area contributed by atoms with Crippen molar-refractivity contribution in [2.45, 2.75) is 89.5 Å². The number of halogens is 2. The largest absolute Gasteiger partial charge is 0.398 e. The minimum Gasteiger partial charge on any atom is -0.398 e. The summed E-state index contributed by atoms with van der Waals surface area (Å²) in [6, 6.07) is 2.34. The lowest BCUT2D eigenvalue weighted by atomic mass is 10.2.